The first-order chi connectivity index (χ1) is 16.1. The average molecular weight is 453 g/mol. The van der Waals surface area contributed by atoms with Gasteiger partial charge in [0.25, 0.3) is 5.91 Å². The molecule has 4 rings (SSSR count). The number of pyridine rings is 1. The van der Waals surface area contributed by atoms with Gasteiger partial charge in [0, 0.05) is 46.1 Å². The molecule has 0 atom stereocenters. The molecule has 1 aromatic heterocycles. The van der Waals surface area contributed by atoms with Gasteiger partial charge in [0.05, 0.1) is 19.3 Å². The minimum atomic E-state index is -0.780. The van der Waals surface area contributed by atoms with Crippen LogP contribution in [0.25, 0.3) is 0 Å². The summed E-state index contributed by atoms with van der Waals surface area (Å²) >= 11 is 0. The van der Waals surface area contributed by atoms with Crippen LogP contribution in [0.5, 0.6) is 5.75 Å². The first kappa shape index (κ1) is 23.2. The van der Waals surface area contributed by atoms with E-state index in [0.717, 1.165) is 36.6 Å². The van der Waals surface area contributed by atoms with Crippen molar-refractivity contribution in [1.82, 2.24) is 19.7 Å². The Kier molecular flexibility index (Phi) is 7.25. The van der Waals surface area contributed by atoms with Crippen molar-refractivity contribution >= 4 is 11.9 Å². The molecule has 0 N–H and O–H groups in total. The minimum absolute atomic E-state index is 0.0850. The summed E-state index contributed by atoms with van der Waals surface area (Å²) < 4.78 is 10.4. The molecule has 0 radical (unpaired) electrons. The molecular formula is C25H32N4O4. The van der Waals surface area contributed by atoms with Gasteiger partial charge < -0.3 is 14.4 Å². The zero-order chi connectivity index (χ0) is 23.3. The van der Waals surface area contributed by atoms with Crippen LogP contribution in [0.3, 0.4) is 0 Å². The van der Waals surface area contributed by atoms with Crippen molar-refractivity contribution in [2.75, 3.05) is 40.5 Å². The molecule has 3 heterocycles. The number of hydrogen-bond acceptors (Lipinski definition) is 6. The summed E-state index contributed by atoms with van der Waals surface area (Å²) in [6.07, 6.45) is 3.74. The summed E-state index contributed by atoms with van der Waals surface area (Å²) in [6.45, 7) is 3.57. The largest absolute Gasteiger partial charge is 0.497 e. The number of amides is 3. The number of benzene rings is 1. The smallest absolute Gasteiger partial charge is 0.327 e. The van der Waals surface area contributed by atoms with Gasteiger partial charge in [-0.15, -0.1) is 0 Å². The van der Waals surface area contributed by atoms with E-state index in [1.54, 1.807) is 25.3 Å². The molecule has 2 saturated heterocycles. The maximum atomic E-state index is 13.7. The minimum Gasteiger partial charge on any atom is -0.497 e. The van der Waals surface area contributed by atoms with Gasteiger partial charge in [-0.05, 0) is 49.1 Å². The van der Waals surface area contributed by atoms with Crippen LogP contribution in [-0.4, -0.2) is 77.6 Å². The lowest BCUT2D eigenvalue weighted by atomic mass is 9.85. The van der Waals surface area contributed by atoms with Crippen molar-refractivity contribution in [3.63, 3.8) is 0 Å². The Labute approximate surface area is 195 Å². The lowest BCUT2D eigenvalue weighted by Crippen LogP contribution is -2.56. The molecule has 0 aliphatic carbocycles. The monoisotopic (exact) mass is 452 g/mol. The number of rotatable bonds is 9. The van der Waals surface area contributed by atoms with E-state index in [2.05, 4.69) is 9.88 Å². The molecule has 33 heavy (non-hydrogen) atoms. The highest BCUT2D eigenvalue weighted by Crippen LogP contribution is 2.38. The van der Waals surface area contributed by atoms with E-state index in [-0.39, 0.29) is 18.5 Å². The number of hydrogen-bond donors (Lipinski definition) is 0. The second-order valence-electron chi connectivity index (χ2n) is 8.65. The van der Waals surface area contributed by atoms with Crippen LogP contribution in [0.2, 0.25) is 0 Å². The number of likely N-dealkylation sites (tertiary alicyclic amines) is 1. The van der Waals surface area contributed by atoms with Gasteiger partial charge in [0.1, 0.15) is 11.3 Å². The van der Waals surface area contributed by atoms with E-state index < -0.39 is 5.54 Å². The summed E-state index contributed by atoms with van der Waals surface area (Å²) in [5, 5.41) is 0. The quantitative estimate of drug-likeness (QED) is 0.430. The number of nitrogens with zero attached hydrogens (tertiary/aromatic N) is 4. The summed E-state index contributed by atoms with van der Waals surface area (Å²) in [4.78, 5) is 37.1. The van der Waals surface area contributed by atoms with Crippen molar-refractivity contribution < 1.29 is 19.1 Å². The van der Waals surface area contributed by atoms with Crippen LogP contribution in [0.4, 0.5) is 4.79 Å². The van der Waals surface area contributed by atoms with Gasteiger partial charge in [-0.3, -0.25) is 19.6 Å². The van der Waals surface area contributed by atoms with Gasteiger partial charge in [-0.1, -0.05) is 18.2 Å². The van der Waals surface area contributed by atoms with E-state index in [4.69, 9.17) is 9.47 Å². The normalized spacial score (nSPS) is 18.4. The number of carbonyl (C=O) groups excluding carboxylic acids is 2. The van der Waals surface area contributed by atoms with E-state index in [1.807, 2.05) is 42.5 Å². The molecule has 8 heteroatoms. The van der Waals surface area contributed by atoms with Gasteiger partial charge >= 0.3 is 6.03 Å². The Hall–Kier alpha value is -2.97. The standard InChI is InChI=1S/C25H32N4O4/c1-32-17-5-14-29-24(31)28(18-20-7-9-22(33-2)10-8-20)23(30)25(29)11-15-27(16-12-25)19-21-6-3-4-13-26-21/h3-4,6-10,13H,5,11-12,14-19H2,1-2H3. The Morgan fingerprint density at radius 1 is 1.00 bits per heavy atom. The molecule has 0 bridgehead atoms. The van der Waals surface area contributed by atoms with Crippen molar-refractivity contribution in [2.45, 2.75) is 37.9 Å². The van der Waals surface area contributed by atoms with E-state index in [9.17, 15) is 9.59 Å². The molecule has 0 saturated carbocycles. The van der Waals surface area contributed by atoms with E-state index in [0.29, 0.717) is 32.4 Å². The molecule has 2 aromatic rings. The number of urea groups is 1. The molecule has 2 fully saturated rings. The summed E-state index contributed by atoms with van der Waals surface area (Å²) in [6, 6.07) is 13.2. The lowest BCUT2D eigenvalue weighted by Gasteiger charge is -2.42. The zero-order valence-corrected chi connectivity index (χ0v) is 19.4. The third-order valence-corrected chi connectivity index (χ3v) is 6.65. The Balaban J connectivity index is 1.50. The second-order valence-corrected chi connectivity index (χ2v) is 8.65. The number of imide groups is 1. The Morgan fingerprint density at radius 3 is 2.39 bits per heavy atom. The topological polar surface area (TPSA) is 75.2 Å². The van der Waals surface area contributed by atoms with Crippen molar-refractivity contribution in [1.29, 1.82) is 0 Å². The fourth-order valence-electron chi connectivity index (χ4n) is 4.80. The summed E-state index contributed by atoms with van der Waals surface area (Å²) in [5.74, 6) is 0.661. The molecule has 176 valence electrons. The van der Waals surface area contributed by atoms with Gasteiger partial charge in [0.2, 0.25) is 0 Å². The summed E-state index contributed by atoms with van der Waals surface area (Å²) in [7, 11) is 3.27. The van der Waals surface area contributed by atoms with Crippen molar-refractivity contribution in [2.24, 2.45) is 0 Å². The lowest BCUT2D eigenvalue weighted by molar-refractivity contribution is -0.136. The molecule has 2 aliphatic rings. The van der Waals surface area contributed by atoms with Crippen LogP contribution in [0.1, 0.15) is 30.5 Å². The number of aromatic nitrogens is 1. The number of methoxy groups -OCH3 is 2. The summed E-state index contributed by atoms with van der Waals surface area (Å²) in [5.41, 5.74) is 1.14. The third kappa shape index (κ3) is 4.86. The van der Waals surface area contributed by atoms with Crippen molar-refractivity contribution in [3.05, 3.63) is 59.9 Å². The van der Waals surface area contributed by atoms with Crippen LogP contribution in [0.15, 0.2) is 48.7 Å². The Bertz CT molecular complexity index is 943. The van der Waals surface area contributed by atoms with Crippen LogP contribution >= 0.6 is 0 Å². The first-order valence-electron chi connectivity index (χ1n) is 11.4. The fourth-order valence-corrected chi connectivity index (χ4v) is 4.80. The fraction of sp³-hybridized carbons (Fsp3) is 0.480. The number of piperidine rings is 1. The van der Waals surface area contributed by atoms with Gasteiger partial charge in [0.15, 0.2) is 0 Å². The Morgan fingerprint density at radius 2 is 1.76 bits per heavy atom. The van der Waals surface area contributed by atoms with Gasteiger partial charge in [-0.2, -0.15) is 0 Å². The highest BCUT2D eigenvalue weighted by atomic mass is 16.5. The maximum absolute atomic E-state index is 13.7. The highest BCUT2D eigenvalue weighted by Gasteiger charge is 2.57. The highest BCUT2D eigenvalue weighted by molar-refractivity contribution is 6.07. The number of carbonyl (C=O) groups is 2. The predicted octanol–water partition coefficient (Wildman–Crippen LogP) is 2.93. The van der Waals surface area contributed by atoms with Crippen molar-refractivity contribution in [3.8, 4) is 5.75 Å². The maximum Gasteiger partial charge on any atom is 0.327 e. The van der Waals surface area contributed by atoms with Crippen LogP contribution in [-0.2, 0) is 22.6 Å². The van der Waals surface area contributed by atoms with E-state index in [1.165, 1.54) is 4.90 Å². The second kappa shape index (κ2) is 10.3. The van der Waals surface area contributed by atoms with Gasteiger partial charge in [-0.25, -0.2) is 4.79 Å². The molecule has 0 unspecified atom stereocenters. The molecule has 1 aromatic carbocycles. The third-order valence-electron chi connectivity index (χ3n) is 6.65. The molecule has 3 amide bonds. The van der Waals surface area contributed by atoms with Crippen LogP contribution < -0.4 is 4.74 Å². The molecular weight excluding hydrogens is 420 g/mol. The zero-order valence-electron chi connectivity index (χ0n) is 19.4. The molecule has 1 spiro atoms. The van der Waals surface area contributed by atoms with E-state index >= 15 is 0 Å². The SMILES string of the molecule is COCCCN1C(=O)N(Cc2ccc(OC)cc2)C(=O)C12CCN(Cc1ccccn1)CC2. The molecule has 8 nitrogen and oxygen atoms in total. The average Bonchev–Trinajstić information content (AvgIpc) is 3.03. The first-order valence-corrected chi connectivity index (χ1v) is 11.4. The van der Waals surface area contributed by atoms with Crippen LogP contribution in [0, 0.1) is 0 Å². The number of ether oxygens (including phenoxy) is 2. The predicted molar refractivity (Wildman–Crippen MR) is 124 cm³/mol. The molecule has 2 aliphatic heterocycles.